The largest absolute Gasteiger partial charge is 0.464 e. The van der Waals surface area contributed by atoms with Crippen LogP contribution in [0.5, 0.6) is 5.75 Å². The molecular formula is C43H56N4O7. The van der Waals surface area contributed by atoms with Crippen LogP contribution in [0.2, 0.25) is 0 Å². The van der Waals surface area contributed by atoms with E-state index in [1.54, 1.807) is 28.9 Å². The fourth-order valence-electron chi connectivity index (χ4n) is 7.22. The first kappa shape index (κ1) is 40.3. The molecule has 2 aliphatic rings. The van der Waals surface area contributed by atoms with Crippen LogP contribution in [0.15, 0.2) is 72.8 Å². The minimum atomic E-state index is -1.91. The molecular weight excluding hydrogens is 684 g/mol. The Kier molecular flexibility index (Phi) is 12.7. The van der Waals surface area contributed by atoms with E-state index >= 15 is 0 Å². The lowest BCUT2D eigenvalue weighted by Gasteiger charge is -2.42. The number of benzene rings is 3. The highest BCUT2D eigenvalue weighted by Gasteiger charge is 2.52. The number of nitrogens with zero attached hydrogens (tertiary/aromatic N) is 4. The average Bonchev–Trinajstić information content (AvgIpc) is 3.12. The molecule has 0 spiro atoms. The zero-order valence-corrected chi connectivity index (χ0v) is 33.1. The Hall–Kier alpha value is -4.90. The van der Waals surface area contributed by atoms with Crippen molar-refractivity contribution in [1.29, 1.82) is 0 Å². The van der Waals surface area contributed by atoms with Crippen LogP contribution >= 0.6 is 0 Å². The summed E-state index contributed by atoms with van der Waals surface area (Å²) in [6.45, 7) is 17.4. The molecule has 2 aliphatic heterocycles. The SMILES string of the molecule is CCOC(=O)C1(C)Oc2cc(C)c(C(=O)N(C(C)C)[C@@H]3CCCN(C(=O)OC(C)(C)C)C3)cc2N(CCN(Cc2ccccc2)Cc2ccccc2)C1=O. The molecule has 0 bridgehead atoms. The van der Waals surface area contributed by atoms with E-state index in [4.69, 9.17) is 14.2 Å². The van der Waals surface area contributed by atoms with Gasteiger partial charge in [0.25, 0.3) is 17.4 Å². The number of hydrogen-bond donors (Lipinski definition) is 0. The number of aryl methyl sites for hydroxylation is 1. The first-order valence-electron chi connectivity index (χ1n) is 19.0. The van der Waals surface area contributed by atoms with Crippen molar-refractivity contribution < 1.29 is 33.4 Å². The smallest absolute Gasteiger partial charge is 0.410 e. The predicted octanol–water partition coefficient (Wildman–Crippen LogP) is 6.99. The predicted molar refractivity (Wildman–Crippen MR) is 208 cm³/mol. The highest BCUT2D eigenvalue weighted by molar-refractivity contribution is 6.15. The summed E-state index contributed by atoms with van der Waals surface area (Å²) in [5, 5.41) is 0. The number of ether oxygens (including phenoxy) is 3. The van der Waals surface area contributed by atoms with Crippen molar-refractivity contribution in [2.75, 3.05) is 37.7 Å². The number of carbonyl (C=O) groups excluding carboxylic acids is 4. The maximum absolute atomic E-state index is 14.6. The van der Waals surface area contributed by atoms with Gasteiger partial charge in [-0.3, -0.25) is 14.5 Å². The highest BCUT2D eigenvalue weighted by Crippen LogP contribution is 2.41. The maximum Gasteiger partial charge on any atom is 0.410 e. The molecule has 2 heterocycles. The molecule has 290 valence electrons. The Labute approximate surface area is 320 Å². The zero-order chi connectivity index (χ0) is 39.2. The Morgan fingerprint density at radius 1 is 0.981 bits per heavy atom. The van der Waals surface area contributed by atoms with Gasteiger partial charge < -0.3 is 28.9 Å². The quantitative estimate of drug-likeness (QED) is 0.144. The van der Waals surface area contributed by atoms with E-state index in [2.05, 4.69) is 29.2 Å². The van der Waals surface area contributed by atoms with Gasteiger partial charge in [0.1, 0.15) is 11.4 Å². The van der Waals surface area contributed by atoms with Gasteiger partial charge in [-0.25, -0.2) is 9.59 Å². The van der Waals surface area contributed by atoms with E-state index in [-0.39, 0.29) is 31.1 Å². The Balaban J connectivity index is 1.49. The van der Waals surface area contributed by atoms with Crippen LogP contribution in [0.4, 0.5) is 10.5 Å². The van der Waals surface area contributed by atoms with Crippen LogP contribution in [0.1, 0.15) is 88.4 Å². The lowest BCUT2D eigenvalue weighted by molar-refractivity contribution is -0.166. The van der Waals surface area contributed by atoms with Gasteiger partial charge in [0.2, 0.25) is 0 Å². The van der Waals surface area contributed by atoms with Crippen molar-refractivity contribution in [3.8, 4) is 5.75 Å². The molecule has 0 saturated carbocycles. The van der Waals surface area contributed by atoms with E-state index in [0.29, 0.717) is 55.3 Å². The van der Waals surface area contributed by atoms with Crippen LogP contribution in [-0.4, -0.2) is 94.6 Å². The highest BCUT2D eigenvalue weighted by atomic mass is 16.6. The van der Waals surface area contributed by atoms with Crippen LogP contribution < -0.4 is 9.64 Å². The Morgan fingerprint density at radius 2 is 1.59 bits per heavy atom. The second-order valence-corrected chi connectivity index (χ2v) is 15.7. The molecule has 0 aliphatic carbocycles. The van der Waals surface area contributed by atoms with E-state index < -0.39 is 29.2 Å². The summed E-state index contributed by atoms with van der Waals surface area (Å²) >= 11 is 0. The average molecular weight is 741 g/mol. The number of carbonyl (C=O) groups is 4. The van der Waals surface area contributed by atoms with Gasteiger partial charge in [-0.05, 0) is 97.1 Å². The molecule has 3 amide bonds. The topological polar surface area (TPSA) is 109 Å². The number of likely N-dealkylation sites (tertiary alicyclic amines) is 1. The molecule has 3 aromatic carbocycles. The first-order valence-corrected chi connectivity index (χ1v) is 19.0. The van der Waals surface area contributed by atoms with Crippen LogP contribution in [-0.2, 0) is 32.2 Å². The summed E-state index contributed by atoms with van der Waals surface area (Å²) < 4.78 is 17.2. The van der Waals surface area contributed by atoms with Crippen LogP contribution in [0, 0.1) is 6.92 Å². The molecule has 1 saturated heterocycles. The minimum Gasteiger partial charge on any atom is -0.464 e. The monoisotopic (exact) mass is 740 g/mol. The normalized spacial score (nSPS) is 18.6. The van der Waals surface area contributed by atoms with Crippen molar-refractivity contribution in [2.45, 2.75) is 105 Å². The summed E-state index contributed by atoms with van der Waals surface area (Å²) in [7, 11) is 0. The van der Waals surface area contributed by atoms with Crippen molar-refractivity contribution >= 4 is 29.6 Å². The number of esters is 1. The molecule has 0 N–H and O–H groups in total. The fraction of sp³-hybridized carbons (Fsp3) is 0.488. The second-order valence-electron chi connectivity index (χ2n) is 15.7. The first-order chi connectivity index (χ1) is 25.6. The van der Waals surface area contributed by atoms with Gasteiger partial charge in [-0.15, -0.1) is 0 Å². The summed E-state index contributed by atoms with van der Waals surface area (Å²) in [5.41, 5.74) is 1.18. The van der Waals surface area contributed by atoms with E-state index in [1.165, 1.54) is 6.92 Å². The van der Waals surface area contributed by atoms with Gasteiger partial charge in [0.05, 0.1) is 18.3 Å². The molecule has 1 fully saturated rings. The number of anilines is 1. The number of piperidine rings is 1. The lowest BCUT2D eigenvalue weighted by atomic mass is 9.96. The van der Waals surface area contributed by atoms with Gasteiger partial charge in [-0.2, -0.15) is 0 Å². The van der Waals surface area contributed by atoms with Crippen LogP contribution in [0.25, 0.3) is 0 Å². The van der Waals surface area contributed by atoms with E-state index in [9.17, 15) is 19.2 Å². The summed E-state index contributed by atoms with van der Waals surface area (Å²) in [5.74, 6) is -1.22. The number of rotatable bonds is 12. The van der Waals surface area contributed by atoms with Gasteiger partial charge in [-0.1, -0.05) is 60.7 Å². The Bertz CT molecular complexity index is 1750. The van der Waals surface area contributed by atoms with Crippen molar-refractivity contribution in [1.82, 2.24) is 14.7 Å². The molecule has 0 aromatic heterocycles. The fourth-order valence-corrected chi connectivity index (χ4v) is 7.22. The standard InChI is InChI=1S/C43H56N4O7/c1-9-52-40(50)43(8)39(49)46(24-23-44(27-32-17-12-10-13-18-32)28-33-19-14-11-15-20-33)36-26-35(31(4)25-37(36)53-43)38(48)47(30(2)3)34-21-16-22-45(29-34)41(51)54-42(5,6)7/h10-15,17-20,25-26,30,34H,9,16,21-24,27-29H2,1-8H3/t34-,43?/m1/s1. The molecule has 11 nitrogen and oxygen atoms in total. The van der Waals surface area contributed by atoms with Gasteiger partial charge in [0.15, 0.2) is 0 Å². The molecule has 2 atom stereocenters. The van der Waals surface area contributed by atoms with Crippen molar-refractivity contribution in [2.24, 2.45) is 0 Å². The second kappa shape index (κ2) is 17.1. The number of fused-ring (bicyclic) bond motifs is 1. The zero-order valence-electron chi connectivity index (χ0n) is 33.1. The molecule has 1 unspecified atom stereocenters. The minimum absolute atomic E-state index is 0.0872. The van der Waals surface area contributed by atoms with Crippen molar-refractivity contribution in [3.05, 3.63) is 95.1 Å². The third kappa shape index (κ3) is 9.42. The van der Waals surface area contributed by atoms with E-state index in [1.807, 2.05) is 82.8 Å². The molecule has 11 heteroatoms. The molecule has 0 radical (unpaired) electrons. The summed E-state index contributed by atoms with van der Waals surface area (Å²) in [6.07, 6.45) is 1.07. The van der Waals surface area contributed by atoms with Gasteiger partial charge >= 0.3 is 12.1 Å². The van der Waals surface area contributed by atoms with Crippen molar-refractivity contribution in [3.63, 3.8) is 0 Å². The molecule has 54 heavy (non-hydrogen) atoms. The third-order valence-corrected chi connectivity index (χ3v) is 9.83. The van der Waals surface area contributed by atoms with Crippen LogP contribution in [0.3, 0.4) is 0 Å². The molecule has 5 rings (SSSR count). The van der Waals surface area contributed by atoms with Gasteiger partial charge in [0, 0.05) is 50.9 Å². The number of amides is 3. The Morgan fingerprint density at radius 3 is 2.15 bits per heavy atom. The summed E-state index contributed by atoms with van der Waals surface area (Å²) in [6, 6.07) is 23.3. The maximum atomic E-state index is 14.6. The van der Waals surface area contributed by atoms with E-state index in [0.717, 1.165) is 24.0 Å². The molecule has 3 aromatic rings. The lowest BCUT2D eigenvalue weighted by Crippen LogP contribution is -2.60. The third-order valence-electron chi connectivity index (χ3n) is 9.83. The number of hydrogen-bond acceptors (Lipinski definition) is 8. The summed E-state index contributed by atoms with van der Waals surface area (Å²) in [4.78, 5) is 62.8.